The van der Waals surface area contributed by atoms with Crippen LogP contribution < -0.4 is 16.6 Å². The van der Waals surface area contributed by atoms with Gasteiger partial charge in [-0.15, -0.1) is 0 Å². The van der Waals surface area contributed by atoms with E-state index in [4.69, 9.17) is 10.9 Å². The third kappa shape index (κ3) is 2.88. The van der Waals surface area contributed by atoms with Gasteiger partial charge in [-0.25, -0.2) is 0 Å². The summed E-state index contributed by atoms with van der Waals surface area (Å²) in [5.74, 6) is -0.495. The summed E-state index contributed by atoms with van der Waals surface area (Å²) in [6, 6.07) is 2.65. The SMILES string of the molecule is CCC(C)(NC(=O)c1ccc(=O)[nH]c1)/C(N)=N/O. The quantitative estimate of drug-likeness (QED) is 0.261. The summed E-state index contributed by atoms with van der Waals surface area (Å²) in [6.07, 6.45) is 1.76. The Morgan fingerprint density at radius 1 is 1.61 bits per heavy atom. The second-order valence-corrected chi connectivity index (χ2v) is 4.07. The maximum Gasteiger partial charge on any atom is 0.253 e. The molecule has 5 N–H and O–H groups in total. The predicted octanol–water partition coefficient (Wildman–Crippen LogP) is 0.0198. The average molecular weight is 252 g/mol. The molecule has 18 heavy (non-hydrogen) atoms. The van der Waals surface area contributed by atoms with Gasteiger partial charge in [-0.3, -0.25) is 9.59 Å². The molecule has 1 aromatic rings. The van der Waals surface area contributed by atoms with Crippen molar-refractivity contribution in [3.05, 3.63) is 34.2 Å². The molecular weight excluding hydrogens is 236 g/mol. The van der Waals surface area contributed by atoms with Crippen LogP contribution in [-0.2, 0) is 0 Å². The first kappa shape index (κ1) is 13.8. The molecule has 0 saturated carbocycles. The molecule has 0 bridgehead atoms. The van der Waals surface area contributed by atoms with Crippen molar-refractivity contribution in [1.29, 1.82) is 0 Å². The van der Waals surface area contributed by atoms with Crippen molar-refractivity contribution in [2.75, 3.05) is 0 Å². The maximum atomic E-state index is 11.9. The van der Waals surface area contributed by atoms with Crippen LogP contribution in [0.5, 0.6) is 0 Å². The second kappa shape index (κ2) is 5.35. The number of amidine groups is 1. The first-order valence-corrected chi connectivity index (χ1v) is 5.42. The van der Waals surface area contributed by atoms with E-state index >= 15 is 0 Å². The topological polar surface area (TPSA) is 121 Å². The van der Waals surface area contributed by atoms with Gasteiger partial charge in [0.2, 0.25) is 5.56 Å². The Labute approximate surface area is 104 Å². The minimum atomic E-state index is -0.942. The molecule has 0 aliphatic heterocycles. The lowest BCUT2D eigenvalue weighted by Crippen LogP contribution is -2.55. The van der Waals surface area contributed by atoms with Crippen LogP contribution in [0, 0.1) is 0 Å². The lowest BCUT2D eigenvalue weighted by atomic mass is 9.97. The Bertz CT molecular complexity index is 503. The number of rotatable bonds is 4. The summed E-state index contributed by atoms with van der Waals surface area (Å²) in [4.78, 5) is 25.2. The molecular formula is C11H16N4O3. The minimum Gasteiger partial charge on any atom is -0.409 e. The fourth-order valence-electron chi connectivity index (χ4n) is 1.32. The van der Waals surface area contributed by atoms with Crippen molar-refractivity contribution in [2.24, 2.45) is 10.9 Å². The Morgan fingerprint density at radius 2 is 2.28 bits per heavy atom. The fourth-order valence-corrected chi connectivity index (χ4v) is 1.32. The van der Waals surface area contributed by atoms with Crippen molar-refractivity contribution in [1.82, 2.24) is 10.3 Å². The molecule has 1 aromatic heterocycles. The molecule has 1 unspecified atom stereocenters. The van der Waals surface area contributed by atoms with Crippen LogP contribution in [0.15, 0.2) is 28.3 Å². The Morgan fingerprint density at radius 3 is 2.72 bits per heavy atom. The van der Waals surface area contributed by atoms with E-state index in [2.05, 4.69) is 15.5 Å². The minimum absolute atomic E-state index is 0.0808. The number of carbonyl (C=O) groups excluding carboxylic acids is 1. The van der Waals surface area contributed by atoms with Gasteiger partial charge in [-0.05, 0) is 19.4 Å². The number of aromatic amines is 1. The highest BCUT2D eigenvalue weighted by atomic mass is 16.4. The van der Waals surface area contributed by atoms with Gasteiger partial charge in [0.1, 0.15) is 0 Å². The van der Waals surface area contributed by atoms with E-state index in [1.54, 1.807) is 13.8 Å². The second-order valence-electron chi connectivity index (χ2n) is 4.07. The van der Waals surface area contributed by atoms with E-state index in [-0.39, 0.29) is 11.4 Å². The van der Waals surface area contributed by atoms with E-state index in [0.29, 0.717) is 12.0 Å². The summed E-state index contributed by atoms with van der Waals surface area (Å²) in [7, 11) is 0. The van der Waals surface area contributed by atoms with Crippen LogP contribution in [0.1, 0.15) is 30.6 Å². The van der Waals surface area contributed by atoms with Gasteiger partial charge in [-0.1, -0.05) is 12.1 Å². The van der Waals surface area contributed by atoms with Gasteiger partial charge >= 0.3 is 0 Å². The highest BCUT2D eigenvalue weighted by Crippen LogP contribution is 2.10. The number of amides is 1. The lowest BCUT2D eigenvalue weighted by molar-refractivity contribution is 0.0924. The molecule has 0 aliphatic rings. The molecule has 0 aliphatic carbocycles. The highest BCUT2D eigenvalue weighted by Gasteiger charge is 2.29. The Kier molecular flexibility index (Phi) is 4.09. The van der Waals surface area contributed by atoms with Gasteiger partial charge in [0.15, 0.2) is 5.84 Å². The molecule has 7 nitrogen and oxygen atoms in total. The number of oxime groups is 1. The Balaban J connectivity index is 2.93. The van der Waals surface area contributed by atoms with Crippen molar-refractivity contribution in [3.63, 3.8) is 0 Å². The number of carbonyl (C=O) groups is 1. The number of nitrogens with two attached hydrogens (primary N) is 1. The molecule has 0 saturated heterocycles. The van der Waals surface area contributed by atoms with Gasteiger partial charge in [-0.2, -0.15) is 0 Å². The number of pyridine rings is 1. The van der Waals surface area contributed by atoms with E-state index in [1.807, 2.05) is 0 Å². The molecule has 1 amide bonds. The first-order chi connectivity index (χ1) is 8.42. The van der Waals surface area contributed by atoms with Crippen LogP contribution in [0.25, 0.3) is 0 Å². The summed E-state index contributed by atoms with van der Waals surface area (Å²) >= 11 is 0. The van der Waals surface area contributed by atoms with Gasteiger partial charge in [0.25, 0.3) is 5.91 Å². The van der Waals surface area contributed by atoms with E-state index in [9.17, 15) is 9.59 Å². The summed E-state index contributed by atoms with van der Waals surface area (Å²) < 4.78 is 0. The van der Waals surface area contributed by atoms with E-state index in [0.717, 1.165) is 0 Å². The zero-order chi connectivity index (χ0) is 13.8. The molecule has 0 fully saturated rings. The summed E-state index contributed by atoms with van der Waals surface area (Å²) in [6.45, 7) is 3.44. The third-order valence-electron chi connectivity index (χ3n) is 2.82. The van der Waals surface area contributed by atoms with E-state index in [1.165, 1.54) is 18.3 Å². The van der Waals surface area contributed by atoms with Crippen molar-refractivity contribution >= 4 is 11.7 Å². The number of hydrogen-bond acceptors (Lipinski definition) is 4. The predicted molar refractivity (Wildman–Crippen MR) is 66.6 cm³/mol. The zero-order valence-electron chi connectivity index (χ0n) is 10.2. The van der Waals surface area contributed by atoms with E-state index < -0.39 is 11.4 Å². The molecule has 1 heterocycles. The normalized spacial score (nSPS) is 14.9. The van der Waals surface area contributed by atoms with Crippen LogP contribution in [0.3, 0.4) is 0 Å². The van der Waals surface area contributed by atoms with Gasteiger partial charge in [0.05, 0.1) is 11.1 Å². The maximum absolute atomic E-state index is 11.9. The molecule has 0 spiro atoms. The highest BCUT2D eigenvalue weighted by molar-refractivity contribution is 5.99. The van der Waals surface area contributed by atoms with Gasteiger partial charge in [0, 0.05) is 12.3 Å². The Hall–Kier alpha value is -2.31. The number of H-pyrrole nitrogens is 1. The first-order valence-electron chi connectivity index (χ1n) is 5.42. The summed E-state index contributed by atoms with van der Waals surface area (Å²) in [5.41, 5.74) is 4.60. The number of nitrogens with zero attached hydrogens (tertiary/aromatic N) is 1. The molecule has 1 rings (SSSR count). The van der Waals surface area contributed by atoms with Crippen molar-refractivity contribution < 1.29 is 10.0 Å². The largest absolute Gasteiger partial charge is 0.409 e. The molecule has 0 aromatic carbocycles. The standard InChI is InChI=1S/C11H16N4O3/c1-3-11(2,10(12)15-18)14-9(17)7-4-5-8(16)13-6-7/h4-6,18H,3H2,1-2H3,(H2,12,15)(H,13,16)(H,14,17). The van der Waals surface area contributed by atoms with Crippen LogP contribution in [0.2, 0.25) is 0 Å². The monoisotopic (exact) mass is 252 g/mol. The third-order valence-corrected chi connectivity index (χ3v) is 2.82. The molecule has 98 valence electrons. The smallest absolute Gasteiger partial charge is 0.253 e. The fraction of sp³-hybridized carbons (Fsp3) is 0.364. The molecule has 0 radical (unpaired) electrons. The van der Waals surface area contributed by atoms with Crippen LogP contribution in [0.4, 0.5) is 0 Å². The molecule has 7 heteroatoms. The summed E-state index contributed by atoms with van der Waals surface area (Å²) in [5, 5.41) is 14.3. The van der Waals surface area contributed by atoms with Crippen LogP contribution >= 0.6 is 0 Å². The number of aromatic nitrogens is 1. The van der Waals surface area contributed by atoms with Crippen molar-refractivity contribution in [2.45, 2.75) is 25.8 Å². The number of hydrogen-bond donors (Lipinski definition) is 4. The number of nitrogens with one attached hydrogen (secondary N) is 2. The van der Waals surface area contributed by atoms with Crippen molar-refractivity contribution in [3.8, 4) is 0 Å². The molecule has 1 atom stereocenters. The average Bonchev–Trinajstić information content (AvgIpc) is 2.38. The lowest BCUT2D eigenvalue weighted by Gasteiger charge is -2.27. The van der Waals surface area contributed by atoms with Gasteiger partial charge < -0.3 is 21.2 Å². The zero-order valence-corrected chi connectivity index (χ0v) is 10.2. The van der Waals surface area contributed by atoms with Crippen LogP contribution in [-0.4, -0.2) is 27.5 Å².